The lowest BCUT2D eigenvalue weighted by Gasteiger charge is -2.34. The van der Waals surface area contributed by atoms with E-state index in [2.05, 4.69) is 43.4 Å². The molecule has 1 heteroatoms. The van der Waals surface area contributed by atoms with E-state index in [9.17, 15) is 0 Å². The zero-order chi connectivity index (χ0) is 13.3. The van der Waals surface area contributed by atoms with Crippen LogP contribution in [-0.2, 0) is 5.54 Å². The first-order valence-corrected chi connectivity index (χ1v) is 8.05. The standard InChI is InChI=1S/C18H27N/c1-14(2)13-18(10-5-11-19-18)17-9-4-8-16(12-17)15-6-3-7-15/h4,8-9,12,14-15,19H,3,5-7,10-11,13H2,1-2H3. The summed E-state index contributed by atoms with van der Waals surface area (Å²) < 4.78 is 0. The van der Waals surface area contributed by atoms with Crippen LogP contribution in [0.15, 0.2) is 24.3 Å². The van der Waals surface area contributed by atoms with Gasteiger partial charge >= 0.3 is 0 Å². The topological polar surface area (TPSA) is 12.0 Å². The molecule has 2 fully saturated rings. The third kappa shape index (κ3) is 2.58. The molecule has 0 radical (unpaired) electrons. The van der Waals surface area contributed by atoms with Crippen molar-refractivity contribution in [3.63, 3.8) is 0 Å². The van der Waals surface area contributed by atoms with Gasteiger partial charge in [-0.25, -0.2) is 0 Å². The van der Waals surface area contributed by atoms with Crippen LogP contribution in [0, 0.1) is 5.92 Å². The molecule has 0 aromatic heterocycles. The Labute approximate surface area is 117 Å². The van der Waals surface area contributed by atoms with Gasteiger partial charge in [-0.05, 0) is 61.6 Å². The molecule has 1 saturated carbocycles. The lowest BCUT2D eigenvalue weighted by atomic mass is 9.76. The lowest BCUT2D eigenvalue weighted by molar-refractivity contribution is 0.310. The highest BCUT2D eigenvalue weighted by Crippen LogP contribution is 2.41. The Bertz CT molecular complexity index is 425. The van der Waals surface area contributed by atoms with E-state index in [-0.39, 0.29) is 5.54 Å². The molecule has 1 heterocycles. The molecule has 0 spiro atoms. The summed E-state index contributed by atoms with van der Waals surface area (Å²) in [5.41, 5.74) is 3.39. The van der Waals surface area contributed by atoms with Crippen molar-refractivity contribution in [2.24, 2.45) is 5.92 Å². The van der Waals surface area contributed by atoms with Crippen LogP contribution in [0.1, 0.15) is 69.4 Å². The molecule has 1 nitrogen and oxygen atoms in total. The maximum Gasteiger partial charge on any atom is 0.0437 e. The van der Waals surface area contributed by atoms with Gasteiger partial charge in [-0.15, -0.1) is 0 Å². The van der Waals surface area contributed by atoms with Crippen molar-refractivity contribution in [3.05, 3.63) is 35.4 Å². The van der Waals surface area contributed by atoms with Crippen LogP contribution in [0.2, 0.25) is 0 Å². The van der Waals surface area contributed by atoms with Crippen molar-refractivity contribution in [1.82, 2.24) is 5.32 Å². The molecule has 19 heavy (non-hydrogen) atoms. The highest BCUT2D eigenvalue weighted by molar-refractivity contribution is 5.33. The van der Waals surface area contributed by atoms with E-state index in [0.717, 1.165) is 11.8 Å². The van der Waals surface area contributed by atoms with Crippen molar-refractivity contribution in [2.45, 2.75) is 63.8 Å². The largest absolute Gasteiger partial charge is 0.307 e. The van der Waals surface area contributed by atoms with E-state index in [4.69, 9.17) is 0 Å². The smallest absolute Gasteiger partial charge is 0.0437 e. The Morgan fingerprint density at radius 1 is 1.26 bits per heavy atom. The van der Waals surface area contributed by atoms with Gasteiger partial charge in [0.2, 0.25) is 0 Å². The quantitative estimate of drug-likeness (QED) is 0.832. The van der Waals surface area contributed by atoms with Gasteiger partial charge in [-0.1, -0.05) is 44.5 Å². The molecule has 3 rings (SSSR count). The minimum absolute atomic E-state index is 0.258. The van der Waals surface area contributed by atoms with E-state index in [1.54, 1.807) is 11.1 Å². The van der Waals surface area contributed by atoms with Crippen LogP contribution in [0.4, 0.5) is 0 Å². The number of hydrogen-bond acceptors (Lipinski definition) is 1. The summed E-state index contributed by atoms with van der Waals surface area (Å²) in [4.78, 5) is 0. The highest BCUT2D eigenvalue weighted by Gasteiger charge is 2.36. The molecule has 1 aromatic carbocycles. The first-order valence-electron chi connectivity index (χ1n) is 8.05. The van der Waals surface area contributed by atoms with Gasteiger partial charge in [0.15, 0.2) is 0 Å². The lowest BCUT2D eigenvalue weighted by Crippen LogP contribution is -2.38. The molecular formula is C18H27N. The van der Waals surface area contributed by atoms with E-state index in [0.29, 0.717) is 0 Å². The van der Waals surface area contributed by atoms with Gasteiger partial charge in [-0.2, -0.15) is 0 Å². The van der Waals surface area contributed by atoms with Crippen LogP contribution in [0.25, 0.3) is 0 Å². The van der Waals surface area contributed by atoms with Crippen LogP contribution in [0.3, 0.4) is 0 Å². The Hall–Kier alpha value is -0.820. The second-order valence-corrected chi connectivity index (χ2v) is 6.96. The fraction of sp³-hybridized carbons (Fsp3) is 0.667. The molecule has 1 N–H and O–H groups in total. The van der Waals surface area contributed by atoms with E-state index < -0.39 is 0 Å². The molecule has 1 aliphatic carbocycles. The minimum atomic E-state index is 0.258. The fourth-order valence-corrected chi connectivity index (χ4v) is 3.87. The minimum Gasteiger partial charge on any atom is -0.307 e. The zero-order valence-electron chi connectivity index (χ0n) is 12.4. The SMILES string of the molecule is CC(C)CC1(c2cccc(C3CCC3)c2)CCCN1. The zero-order valence-corrected chi connectivity index (χ0v) is 12.4. The maximum atomic E-state index is 3.82. The molecule has 0 amide bonds. The fourth-order valence-electron chi connectivity index (χ4n) is 3.87. The summed E-state index contributed by atoms with van der Waals surface area (Å²) in [5, 5.41) is 3.82. The van der Waals surface area contributed by atoms with E-state index in [1.165, 1.54) is 45.1 Å². The van der Waals surface area contributed by atoms with Crippen molar-refractivity contribution in [1.29, 1.82) is 0 Å². The van der Waals surface area contributed by atoms with Crippen LogP contribution in [-0.4, -0.2) is 6.54 Å². The van der Waals surface area contributed by atoms with Crippen molar-refractivity contribution in [3.8, 4) is 0 Å². The summed E-state index contributed by atoms with van der Waals surface area (Å²) in [6, 6.07) is 9.48. The predicted octanol–water partition coefficient (Wildman–Crippen LogP) is 4.58. The van der Waals surface area contributed by atoms with Crippen LogP contribution in [0.5, 0.6) is 0 Å². The van der Waals surface area contributed by atoms with Crippen LogP contribution < -0.4 is 5.32 Å². The molecule has 2 aliphatic rings. The highest BCUT2D eigenvalue weighted by atomic mass is 15.0. The second kappa shape index (κ2) is 5.28. The molecule has 1 atom stereocenters. The normalized spacial score (nSPS) is 27.7. The monoisotopic (exact) mass is 257 g/mol. The van der Waals surface area contributed by atoms with E-state index >= 15 is 0 Å². The Morgan fingerprint density at radius 2 is 2.11 bits per heavy atom. The Balaban J connectivity index is 1.89. The average Bonchev–Trinajstić information content (AvgIpc) is 2.76. The number of nitrogens with one attached hydrogen (secondary N) is 1. The maximum absolute atomic E-state index is 3.82. The van der Waals surface area contributed by atoms with Gasteiger partial charge in [0, 0.05) is 5.54 Å². The number of hydrogen-bond donors (Lipinski definition) is 1. The summed E-state index contributed by atoms with van der Waals surface area (Å²) in [6.07, 6.45) is 8.10. The molecule has 1 saturated heterocycles. The predicted molar refractivity (Wildman–Crippen MR) is 81.4 cm³/mol. The summed E-state index contributed by atoms with van der Waals surface area (Å²) in [7, 11) is 0. The summed E-state index contributed by atoms with van der Waals surface area (Å²) >= 11 is 0. The van der Waals surface area contributed by atoms with Gasteiger partial charge < -0.3 is 5.32 Å². The van der Waals surface area contributed by atoms with Gasteiger partial charge in [0.25, 0.3) is 0 Å². The summed E-state index contributed by atoms with van der Waals surface area (Å²) in [5.74, 6) is 1.59. The molecule has 1 aliphatic heterocycles. The van der Waals surface area contributed by atoms with Crippen molar-refractivity contribution in [2.75, 3.05) is 6.54 Å². The number of benzene rings is 1. The van der Waals surface area contributed by atoms with Gasteiger partial charge in [0.05, 0.1) is 0 Å². The first kappa shape index (κ1) is 13.2. The average molecular weight is 257 g/mol. The van der Waals surface area contributed by atoms with Crippen molar-refractivity contribution >= 4 is 0 Å². The Kier molecular flexibility index (Phi) is 3.66. The molecule has 0 bridgehead atoms. The summed E-state index contributed by atoms with van der Waals surface area (Å²) in [6.45, 7) is 5.87. The van der Waals surface area contributed by atoms with Gasteiger partial charge in [0.1, 0.15) is 0 Å². The molecule has 1 unspecified atom stereocenters. The number of rotatable bonds is 4. The third-order valence-corrected chi connectivity index (χ3v) is 5.02. The molecule has 104 valence electrons. The second-order valence-electron chi connectivity index (χ2n) is 6.96. The molecule has 1 aromatic rings. The van der Waals surface area contributed by atoms with E-state index in [1.807, 2.05) is 0 Å². The third-order valence-electron chi connectivity index (χ3n) is 5.02. The van der Waals surface area contributed by atoms with Crippen molar-refractivity contribution < 1.29 is 0 Å². The Morgan fingerprint density at radius 3 is 2.68 bits per heavy atom. The van der Waals surface area contributed by atoms with Gasteiger partial charge in [-0.3, -0.25) is 0 Å². The molecular weight excluding hydrogens is 230 g/mol. The van der Waals surface area contributed by atoms with Crippen LogP contribution >= 0.6 is 0 Å². The first-order chi connectivity index (χ1) is 9.20.